The lowest BCUT2D eigenvalue weighted by Crippen LogP contribution is -3.17. The van der Waals surface area contributed by atoms with E-state index >= 15 is 0 Å². The fourth-order valence-electron chi connectivity index (χ4n) is 2.03. The Morgan fingerprint density at radius 2 is 2.23 bits per heavy atom. The average Bonchev–Trinajstić information content (AvgIpc) is 2.13. The van der Waals surface area contributed by atoms with E-state index in [0.717, 1.165) is 19.5 Å². The molecule has 1 unspecified atom stereocenters. The van der Waals surface area contributed by atoms with Gasteiger partial charge in [0.2, 0.25) is 0 Å². The van der Waals surface area contributed by atoms with Crippen LogP contribution in [0, 0.1) is 5.92 Å². The number of quaternary nitrogens is 1. The molecule has 0 aromatic carbocycles. The molecule has 1 aliphatic rings. The van der Waals surface area contributed by atoms with E-state index in [0.29, 0.717) is 18.2 Å². The minimum absolute atomic E-state index is 0.197. The lowest BCUT2D eigenvalue weighted by Gasteiger charge is -2.33. The standard InChI is InChI=1S/C10H19NO2/c1-8-9(2)11(5-3-7-12)6-4-10(8)13/h8-9,12H,3-7H2,1-2H3/p+1/t8-,9+/m1/s1. The number of Topliss-reactive ketones (excluding diaryl/α,β-unsaturated/α-hetero) is 1. The van der Waals surface area contributed by atoms with E-state index in [4.69, 9.17) is 5.11 Å². The third-order valence-corrected chi connectivity index (χ3v) is 3.25. The van der Waals surface area contributed by atoms with Gasteiger partial charge in [0.25, 0.3) is 0 Å². The minimum Gasteiger partial charge on any atom is -0.396 e. The van der Waals surface area contributed by atoms with Crippen molar-refractivity contribution >= 4 is 5.78 Å². The van der Waals surface area contributed by atoms with E-state index in [2.05, 4.69) is 6.92 Å². The second-order valence-electron chi connectivity index (χ2n) is 4.03. The normalized spacial score (nSPS) is 35.0. The highest BCUT2D eigenvalue weighted by Gasteiger charge is 2.33. The number of nitrogens with one attached hydrogen (secondary N) is 1. The molecule has 0 spiro atoms. The van der Waals surface area contributed by atoms with Gasteiger partial charge in [0.05, 0.1) is 31.5 Å². The zero-order chi connectivity index (χ0) is 9.84. The molecular formula is C10H20NO2+. The van der Waals surface area contributed by atoms with Crippen molar-refractivity contribution in [2.45, 2.75) is 32.7 Å². The zero-order valence-corrected chi connectivity index (χ0v) is 8.55. The second kappa shape index (κ2) is 4.72. The van der Waals surface area contributed by atoms with Crippen molar-refractivity contribution in [3.8, 4) is 0 Å². The van der Waals surface area contributed by atoms with Crippen LogP contribution < -0.4 is 4.90 Å². The van der Waals surface area contributed by atoms with Gasteiger partial charge >= 0.3 is 0 Å². The number of carbonyl (C=O) groups is 1. The first-order chi connectivity index (χ1) is 6.16. The number of ketones is 1. The number of aliphatic hydroxyl groups excluding tert-OH is 1. The SMILES string of the molecule is C[C@H]1C(=O)CC[NH+](CCCO)[C@H]1C. The van der Waals surface area contributed by atoms with Crippen LogP contribution in [0.3, 0.4) is 0 Å². The Morgan fingerprint density at radius 1 is 1.54 bits per heavy atom. The monoisotopic (exact) mass is 186 g/mol. The molecule has 3 nitrogen and oxygen atoms in total. The summed E-state index contributed by atoms with van der Waals surface area (Å²) in [6.45, 7) is 6.36. The van der Waals surface area contributed by atoms with E-state index in [-0.39, 0.29) is 12.5 Å². The molecule has 1 heterocycles. The summed E-state index contributed by atoms with van der Waals surface area (Å²) < 4.78 is 0. The van der Waals surface area contributed by atoms with E-state index in [1.54, 1.807) is 0 Å². The summed E-state index contributed by atoms with van der Waals surface area (Å²) in [4.78, 5) is 12.8. The first-order valence-corrected chi connectivity index (χ1v) is 5.15. The van der Waals surface area contributed by atoms with Crippen LogP contribution in [-0.2, 0) is 4.79 Å². The maximum Gasteiger partial charge on any atom is 0.147 e. The van der Waals surface area contributed by atoms with Gasteiger partial charge in [0.1, 0.15) is 5.78 Å². The summed E-state index contributed by atoms with van der Waals surface area (Å²) in [5, 5.41) is 8.72. The molecule has 13 heavy (non-hydrogen) atoms. The highest BCUT2D eigenvalue weighted by atomic mass is 16.3. The van der Waals surface area contributed by atoms with Crippen LogP contribution in [0.4, 0.5) is 0 Å². The Kier molecular flexibility index (Phi) is 3.88. The number of carbonyl (C=O) groups excluding carboxylic acids is 1. The van der Waals surface area contributed by atoms with E-state index < -0.39 is 0 Å². The number of hydrogen-bond donors (Lipinski definition) is 2. The fraction of sp³-hybridized carbons (Fsp3) is 0.900. The predicted octanol–water partition coefficient (Wildman–Crippen LogP) is -0.749. The van der Waals surface area contributed by atoms with Gasteiger partial charge in [-0.2, -0.15) is 0 Å². The van der Waals surface area contributed by atoms with Gasteiger partial charge in [-0.05, 0) is 13.8 Å². The Hall–Kier alpha value is -0.410. The summed E-state index contributed by atoms with van der Waals surface area (Å²) in [5.74, 6) is 0.600. The van der Waals surface area contributed by atoms with Crippen LogP contribution >= 0.6 is 0 Å². The van der Waals surface area contributed by atoms with Gasteiger partial charge in [-0.3, -0.25) is 4.79 Å². The van der Waals surface area contributed by atoms with Crippen molar-refractivity contribution in [1.82, 2.24) is 0 Å². The molecule has 0 radical (unpaired) electrons. The molecule has 0 aromatic rings. The number of rotatable bonds is 3. The van der Waals surface area contributed by atoms with E-state index in [9.17, 15) is 4.79 Å². The van der Waals surface area contributed by atoms with Crippen molar-refractivity contribution in [3.63, 3.8) is 0 Å². The first kappa shape index (κ1) is 10.7. The van der Waals surface area contributed by atoms with Gasteiger partial charge in [-0.1, -0.05) is 0 Å². The predicted molar refractivity (Wildman–Crippen MR) is 50.6 cm³/mol. The molecule has 0 bridgehead atoms. The molecule has 1 saturated heterocycles. The van der Waals surface area contributed by atoms with E-state index in [1.807, 2.05) is 6.92 Å². The summed E-state index contributed by atoms with van der Waals surface area (Å²) in [7, 11) is 0. The largest absolute Gasteiger partial charge is 0.396 e. The second-order valence-corrected chi connectivity index (χ2v) is 4.03. The van der Waals surface area contributed by atoms with Crippen LogP contribution in [-0.4, -0.2) is 36.6 Å². The minimum atomic E-state index is 0.197. The van der Waals surface area contributed by atoms with Crippen LogP contribution in [0.25, 0.3) is 0 Å². The van der Waals surface area contributed by atoms with Crippen molar-refractivity contribution in [3.05, 3.63) is 0 Å². The molecule has 2 N–H and O–H groups in total. The Balaban J connectivity index is 2.44. The molecule has 3 heteroatoms. The zero-order valence-electron chi connectivity index (χ0n) is 8.55. The van der Waals surface area contributed by atoms with Crippen molar-refractivity contribution in [1.29, 1.82) is 0 Å². The fourth-order valence-corrected chi connectivity index (χ4v) is 2.03. The quantitative estimate of drug-likeness (QED) is 0.609. The smallest absolute Gasteiger partial charge is 0.147 e. The van der Waals surface area contributed by atoms with Crippen molar-refractivity contribution in [2.75, 3.05) is 19.7 Å². The number of hydrogen-bond acceptors (Lipinski definition) is 2. The van der Waals surface area contributed by atoms with Gasteiger partial charge < -0.3 is 10.0 Å². The molecule has 76 valence electrons. The van der Waals surface area contributed by atoms with Crippen molar-refractivity contribution < 1.29 is 14.8 Å². The highest BCUT2D eigenvalue weighted by Crippen LogP contribution is 2.07. The molecule has 0 aromatic heterocycles. The Bertz CT molecular complexity index is 182. The average molecular weight is 186 g/mol. The first-order valence-electron chi connectivity index (χ1n) is 5.15. The molecular weight excluding hydrogens is 166 g/mol. The van der Waals surface area contributed by atoms with Gasteiger partial charge in [-0.15, -0.1) is 0 Å². The number of piperidine rings is 1. The number of likely N-dealkylation sites (tertiary alicyclic amines) is 1. The Morgan fingerprint density at radius 3 is 2.85 bits per heavy atom. The molecule has 0 saturated carbocycles. The maximum absolute atomic E-state index is 11.4. The molecule has 1 rings (SSSR count). The van der Waals surface area contributed by atoms with Crippen molar-refractivity contribution in [2.24, 2.45) is 5.92 Å². The van der Waals surface area contributed by atoms with Crippen LogP contribution in [0.2, 0.25) is 0 Å². The Labute approximate surface area is 79.7 Å². The van der Waals surface area contributed by atoms with Crippen LogP contribution in [0.1, 0.15) is 26.7 Å². The highest BCUT2D eigenvalue weighted by molar-refractivity contribution is 5.81. The summed E-state index contributed by atoms with van der Waals surface area (Å²) >= 11 is 0. The number of aliphatic hydroxyl groups is 1. The van der Waals surface area contributed by atoms with Crippen LogP contribution in [0.15, 0.2) is 0 Å². The topological polar surface area (TPSA) is 41.7 Å². The molecule has 0 amide bonds. The van der Waals surface area contributed by atoms with Gasteiger partial charge in [0, 0.05) is 13.0 Å². The lowest BCUT2D eigenvalue weighted by molar-refractivity contribution is -0.928. The molecule has 1 aliphatic heterocycles. The molecule has 1 fully saturated rings. The lowest BCUT2D eigenvalue weighted by atomic mass is 9.90. The third-order valence-electron chi connectivity index (χ3n) is 3.25. The molecule has 0 aliphatic carbocycles. The van der Waals surface area contributed by atoms with Gasteiger partial charge in [0.15, 0.2) is 0 Å². The third kappa shape index (κ3) is 2.51. The summed E-state index contributed by atoms with van der Waals surface area (Å²) in [5.41, 5.74) is 0. The van der Waals surface area contributed by atoms with E-state index in [1.165, 1.54) is 4.90 Å². The summed E-state index contributed by atoms with van der Waals surface area (Å²) in [6.07, 6.45) is 1.56. The molecule has 3 atom stereocenters. The van der Waals surface area contributed by atoms with Gasteiger partial charge in [-0.25, -0.2) is 0 Å². The summed E-state index contributed by atoms with van der Waals surface area (Å²) in [6, 6.07) is 0.424. The van der Waals surface area contributed by atoms with Crippen LogP contribution in [0.5, 0.6) is 0 Å². The maximum atomic E-state index is 11.4.